The quantitative estimate of drug-likeness (QED) is 0.0973. The molecule has 0 radical (unpaired) electrons. The van der Waals surface area contributed by atoms with E-state index in [1.807, 2.05) is 99.9 Å². The summed E-state index contributed by atoms with van der Waals surface area (Å²) in [5.41, 5.74) is 6.69. The highest BCUT2D eigenvalue weighted by molar-refractivity contribution is 7.90. The summed E-state index contributed by atoms with van der Waals surface area (Å²) in [5, 5.41) is 5.07. The number of halogens is 1. The summed E-state index contributed by atoms with van der Waals surface area (Å²) in [6.45, 7) is 11.8. The third-order valence-electron chi connectivity index (χ3n) is 11.2. The summed E-state index contributed by atoms with van der Waals surface area (Å²) >= 11 is 6.23. The minimum atomic E-state index is -4.22. The van der Waals surface area contributed by atoms with E-state index in [2.05, 4.69) is 29.8 Å². The number of H-pyrrole nitrogens is 1. The van der Waals surface area contributed by atoms with E-state index in [4.69, 9.17) is 25.8 Å². The van der Waals surface area contributed by atoms with Crippen molar-refractivity contribution in [1.29, 1.82) is 0 Å². The number of fused-ring (bicyclic) bond motifs is 1. The molecule has 1 amide bonds. The fourth-order valence-electron chi connectivity index (χ4n) is 7.84. The molecule has 4 aromatic carbocycles. The van der Waals surface area contributed by atoms with Gasteiger partial charge in [-0.1, -0.05) is 23.7 Å². The minimum absolute atomic E-state index is 0.000683. The van der Waals surface area contributed by atoms with Crippen LogP contribution < -0.4 is 24.4 Å². The Morgan fingerprint density at radius 2 is 1.74 bits per heavy atom. The van der Waals surface area contributed by atoms with Crippen LogP contribution in [0.1, 0.15) is 48.2 Å². The number of piperazine rings is 1. The summed E-state index contributed by atoms with van der Waals surface area (Å²) in [7, 11) is -4.22. The van der Waals surface area contributed by atoms with Gasteiger partial charge in [-0.25, -0.2) is 18.1 Å². The third-order valence-corrected chi connectivity index (χ3v) is 12.8. The Kier molecular flexibility index (Phi) is 12.8. The Balaban J connectivity index is 0.987. The number of rotatable bonds is 14. The maximum Gasteiger partial charge on any atom is 0.268 e. The summed E-state index contributed by atoms with van der Waals surface area (Å²) in [5.74, 6) is 1.05. The smallest absolute Gasteiger partial charge is 0.268 e. The molecule has 61 heavy (non-hydrogen) atoms. The molecule has 2 saturated heterocycles. The van der Waals surface area contributed by atoms with Crippen molar-refractivity contribution in [3.05, 3.63) is 125 Å². The summed E-state index contributed by atoms with van der Waals surface area (Å²) in [6.07, 6.45) is 5.72. The van der Waals surface area contributed by atoms with Gasteiger partial charge < -0.3 is 29.4 Å². The van der Waals surface area contributed by atoms with Gasteiger partial charge in [0.2, 0.25) is 5.88 Å². The maximum atomic E-state index is 13.9. The molecule has 0 unspecified atom stereocenters. The zero-order valence-corrected chi connectivity index (χ0v) is 36.2. The van der Waals surface area contributed by atoms with E-state index in [9.17, 15) is 13.2 Å². The van der Waals surface area contributed by atoms with Crippen LogP contribution in [0.5, 0.6) is 17.4 Å². The van der Waals surface area contributed by atoms with Crippen molar-refractivity contribution < 1.29 is 27.4 Å². The van der Waals surface area contributed by atoms with E-state index in [1.54, 1.807) is 18.2 Å². The van der Waals surface area contributed by atoms with Crippen LogP contribution in [0.3, 0.4) is 0 Å². The third kappa shape index (κ3) is 10.3. The molecule has 0 saturated carbocycles. The minimum Gasteiger partial charge on any atom is -0.475 e. The molecular formula is C47H51ClN6O6S. The molecular weight excluding hydrogens is 812 g/mol. The van der Waals surface area contributed by atoms with Crippen LogP contribution in [0.25, 0.3) is 22.0 Å². The molecule has 0 bridgehead atoms. The van der Waals surface area contributed by atoms with Gasteiger partial charge in [0, 0.05) is 104 Å². The topological polar surface area (TPSA) is 138 Å². The molecule has 6 aromatic rings. The number of benzene rings is 4. The Labute approximate surface area is 362 Å². The normalized spacial score (nSPS) is 15.3. The standard InChI is InChI=1S/C47H51ClN6O6S/c1-31(2)59-46-27-42(34-4-6-37(48)7-5-34)36(29-51-46)30-53-18-20-54(21-19-53)38-8-11-41(45(26-38)60-39-9-12-44-35(25-39)14-17-49-44)47(55)52-61(56,57)40-10-13-43(32(3)24-40)50-28-33-15-22-58-23-16-33/h4-14,17,24-27,29,31,33,49-50H,15-16,18-23,28,30H2,1-3H3,(H,52,55). The molecule has 318 valence electrons. The zero-order valence-electron chi connectivity index (χ0n) is 34.6. The van der Waals surface area contributed by atoms with Crippen molar-refractivity contribution in [3.63, 3.8) is 0 Å². The molecule has 14 heteroatoms. The van der Waals surface area contributed by atoms with Crippen molar-refractivity contribution in [2.45, 2.75) is 51.2 Å². The average Bonchev–Trinajstić information content (AvgIpc) is 3.72. The van der Waals surface area contributed by atoms with Gasteiger partial charge in [0.05, 0.1) is 16.6 Å². The number of aromatic nitrogens is 2. The van der Waals surface area contributed by atoms with Crippen LogP contribution in [-0.4, -0.2) is 81.2 Å². The van der Waals surface area contributed by atoms with Crippen molar-refractivity contribution >= 4 is 49.8 Å². The SMILES string of the molecule is Cc1cc(S(=O)(=O)NC(=O)c2ccc(N3CCN(Cc4cnc(OC(C)C)cc4-c4ccc(Cl)cc4)CC3)cc2Oc2ccc3[nH]ccc3c2)ccc1NCC1CCOCC1. The summed E-state index contributed by atoms with van der Waals surface area (Å²) in [6, 6.07) is 27.5. The van der Waals surface area contributed by atoms with Gasteiger partial charge in [0.1, 0.15) is 11.5 Å². The first-order valence-electron chi connectivity index (χ1n) is 20.7. The lowest BCUT2D eigenvalue weighted by Gasteiger charge is -2.36. The molecule has 12 nitrogen and oxygen atoms in total. The molecule has 8 rings (SSSR count). The molecule has 2 aliphatic heterocycles. The number of ether oxygens (including phenoxy) is 3. The molecule has 0 atom stereocenters. The van der Waals surface area contributed by atoms with E-state index in [0.29, 0.717) is 42.2 Å². The number of nitrogens with one attached hydrogen (secondary N) is 3. The van der Waals surface area contributed by atoms with Gasteiger partial charge in [-0.2, -0.15) is 0 Å². The second-order valence-corrected chi connectivity index (χ2v) is 18.1. The molecule has 2 fully saturated rings. The molecule has 0 spiro atoms. The number of pyridine rings is 1. The molecule has 3 N–H and O–H groups in total. The second kappa shape index (κ2) is 18.6. The van der Waals surface area contributed by atoms with Crippen LogP contribution >= 0.6 is 11.6 Å². The lowest BCUT2D eigenvalue weighted by molar-refractivity contribution is 0.0699. The number of hydrogen-bond acceptors (Lipinski definition) is 10. The number of aromatic amines is 1. The number of carbonyl (C=O) groups excluding carboxylic acids is 1. The lowest BCUT2D eigenvalue weighted by Crippen LogP contribution is -2.46. The van der Waals surface area contributed by atoms with Crippen molar-refractivity contribution in [3.8, 4) is 28.5 Å². The number of sulfonamides is 1. The monoisotopic (exact) mass is 862 g/mol. The summed E-state index contributed by atoms with van der Waals surface area (Å²) < 4.78 is 47.5. The van der Waals surface area contributed by atoms with Crippen molar-refractivity contribution in [2.24, 2.45) is 5.92 Å². The number of carbonyl (C=O) groups is 1. The van der Waals surface area contributed by atoms with Crippen LogP contribution in [0.2, 0.25) is 5.02 Å². The Bertz CT molecular complexity index is 2600. The van der Waals surface area contributed by atoms with Crippen molar-refractivity contribution in [2.75, 3.05) is 56.2 Å². The molecule has 0 aliphatic carbocycles. The molecule has 2 aliphatic rings. The fraction of sp³-hybridized carbons (Fsp3) is 0.319. The second-order valence-electron chi connectivity index (χ2n) is 16.0. The molecule has 4 heterocycles. The highest BCUT2D eigenvalue weighted by atomic mass is 35.5. The first-order chi connectivity index (χ1) is 29.5. The van der Waals surface area contributed by atoms with Crippen molar-refractivity contribution in [1.82, 2.24) is 19.6 Å². The Morgan fingerprint density at radius 3 is 2.49 bits per heavy atom. The Hall–Kier alpha value is -5.60. The van der Waals surface area contributed by atoms with Crippen LogP contribution in [0, 0.1) is 12.8 Å². The predicted molar refractivity (Wildman–Crippen MR) is 241 cm³/mol. The molecule has 2 aromatic heterocycles. The predicted octanol–water partition coefficient (Wildman–Crippen LogP) is 9.05. The van der Waals surface area contributed by atoms with E-state index >= 15 is 0 Å². The maximum absolute atomic E-state index is 13.9. The fourth-order valence-corrected chi connectivity index (χ4v) is 9.02. The van der Waals surface area contributed by atoms with E-state index in [-0.39, 0.29) is 22.3 Å². The van der Waals surface area contributed by atoms with E-state index < -0.39 is 15.9 Å². The number of hydrogen-bond donors (Lipinski definition) is 3. The lowest BCUT2D eigenvalue weighted by atomic mass is 10.0. The van der Waals surface area contributed by atoms with Gasteiger partial charge in [0.25, 0.3) is 15.9 Å². The number of nitrogens with zero attached hydrogens (tertiary/aromatic N) is 3. The number of aryl methyl sites for hydroxylation is 1. The summed E-state index contributed by atoms with van der Waals surface area (Å²) in [4.78, 5) is 26.4. The Morgan fingerprint density at radius 1 is 0.951 bits per heavy atom. The first kappa shape index (κ1) is 42.1. The first-order valence-corrected chi connectivity index (χ1v) is 22.6. The van der Waals surface area contributed by atoms with E-state index in [1.165, 1.54) is 6.07 Å². The van der Waals surface area contributed by atoms with Crippen LogP contribution in [-0.2, 0) is 21.3 Å². The van der Waals surface area contributed by atoms with Gasteiger partial charge >= 0.3 is 0 Å². The highest BCUT2D eigenvalue weighted by Gasteiger charge is 2.26. The average molecular weight is 863 g/mol. The van der Waals surface area contributed by atoms with Gasteiger partial charge in [-0.3, -0.25) is 9.69 Å². The largest absolute Gasteiger partial charge is 0.475 e. The van der Waals surface area contributed by atoms with Crippen LogP contribution in [0.4, 0.5) is 11.4 Å². The zero-order chi connectivity index (χ0) is 42.5. The highest BCUT2D eigenvalue weighted by Crippen LogP contribution is 2.34. The van der Waals surface area contributed by atoms with Gasteiger partial charge in [0.15, 0.2) is 0 Å². The number of amides is 1. The van der Waals surface area contributed by atoms with Crippen LogP contribution in [0.15, 0.2) is 108 Å². The van der Waals surface area contributed by atoms with Gasteiger partial charge in [-0.05, 0) is 129 Å². The van der Waals surface area contributed by atoms with E-state index in [0.717, 1.165) is 90.2 Å². The number of anilines is 2. The van der Waals surface area contributed by atoms with Gasteiger partial charge in [-0.15, -0.1) is 0 Å².